The van der Waals surface area contributed by atoms with Crippen molar-refractivity contribution >= 4 is 27.6 Å². The minimum Gasteiger partial charge on any atom is -0.369 e. The summed E-state index contributed by atoms with van der Waals surface area (Å²) in [6.45, 7) is 7.92. The first-order valence-electron chi connectivity index (χ1n) is 9.70. The second-order valence-corrected chi connectivity index (χ2v) is 7.85. The van der Waals surface area contributed by atoms with Crippen molar-refractivity contribution in [2.24, 2.45) is 4.99 Å². The normalized spacial score (nSPS) is 17.4. The molecule has 1 aliphatic heterocycles. The lowest BCUT2D eigenvalue weighted by Gasteiger charge is -2.20. The Labute approximate surface area is 170 Å². The molecule has 146 valence electrons. The summed E-state index contributed by atoms with van der Waals surface area (Å²) in [5, 5.41) is 14.0. The quantitative estimate of drug-likeness (QED) is 0.356. The second kappa shape index (κ2) is 9.78. The number of aromatic nitrogens is 2. The summed E-state index contributed by atoms with van der Waals surface area (Å²) in [7, 11) is 0. The third kappa shape index (κ3) is 5.73. The molecule has 3 N–H and O–H groups in total. The van der Waals surface area contributed by atoms with Crippen molar-refractivity contribution in [1.29, 1.82) is 0 Å². The number of nitrogens with one attached hydrogen (secondary N) is 3. The summed E-state index contributed by atoms with van der Waals surface area (Å²) in [6.07, 6.45) is 5.06. The van der Waals surface area contributed by atoms with Crippen LogP contribution in [0.25, 0.3) is 0 Å². The zero-order valence-electron chi connectivity index (χ0n) is 16.1. The van der Waals surface area contributed by atoms with Crippen molar-refractivity contribution in [1.82, 2.24) is 20.8 Å². The van der Waals surface area contributed by atoms with Crippen molar-refractivity contribution < 1.29 is 0 Å². The van der Waals surface area contributed by atoms with Crippen LogP contribution in [0, 0.1) is 6.92 Å². The molecule has 0 bridgehead atoms. The highest BCUT2D eigenvalue weighted by Gasteiger charge is 2.23. The Hall–Kier alpha value is -2.02. The fraction of sp³-hybridized carbons (Fsp3) is 0.500. The minimum atomic E-state index is 0.419. The van der Waals surface area contributed by atoms with Crippen LogP contribution in [-0.4, -0.2) is 48.4 Å². The number of hydrogen-bond donors (Lipinski definition) is 3. The third-order valence-corrected chi connectivity index (χ3v) is 5.40. The molecular weight excluding hydrogens is 404 g/mol. The molecular formula is C20H29BrN6. The molecule has 6 nitrogen and oxygen atoms in total. The third-order valence-electron chi connectivity index (χ3n) is 4.87. The first-order valence-corrected chi connectivity index (χ1v) is 10.5. The van der Waals surface area contributed by atoms with Gasteiger partial charge in [-0.2, -0.15) is 5.10 Å². The van der Waals surface area contributed by atoms with Crippen LogP contribution in [0.4, 0.5) is 5.69 Å². The van der Waals surface area contributed by atoms with Crippen molar-refractivity contribution in [3.8, 4) is 0 Å². The SMILES string of the molecule is CCNC(=NCCCc1cn[nH]c1C)NC1CCN(c2ccc(Br)cc2)C1. The smallest absolute Gasteiger partial charge is 0.191 e. The van der Waals surface area contributed by atoms with Gasteiger partial charge in [-0.15, -0.1) is 0 Å². The number of aliphatic imine (C=N–C) groups is 1. The lowest BCUT2D eigenvalue weighted by atomic mass is 10.1. The van der Waals surface area contributed by atoms with E-state index in [0.29, 0.717) is 6.04 Å². The summed E-state index contributed by atoms with van der Waals surface area (Å²) in [5.74, 6) is 0.920. The van der Waals surface area contributed by atoms with Gasteiger partial charge in [0.05, 0.1) is 6.20 Å². The van der Waals surface area contributed by atoms with Gasteiger partial charge in [-0.1, -0.05) is 15.9 Å². The monoisotopic (exact) mass is 432 g/mol. The van der Waals surface area contributed by atoms with Crippen LogP contribution in [0.15, 0.2) is 39.9 Å². The van der Waals surface area contributed by atoms with Crippen molar-refractivity contribution in [2.75, 3.05) is 31.1 Å². The molecule has 27 heavy (non-hydrogen) atoms. The predicted octanol–water partition coefficient (Wildman–Crippen LogP) is 3.25. The maximum atomic E-state index is 4.75. The van der Waals surface area contributed by atoms with E-state index in [1.807, 2.05) is 6.20 Å². The van der Waals surface area contributed by atoms with E-state index >= 15 is 0 Å². The van der Waals surface area contributed by atoms with E-state index < -0.39 is 0 Å². The van der Waals surface area contributed by atoms with Crippen LogP contribution in [0.5, 0.6) is 0 Å². The van der Waals surface area contributed by atoms with E-state index in [9.17, 15) is 0 Å². The van der Waals surface area contributed by atoms with Gasteiger partial charge in [-0.25, -0.2) is 0 Å². The molecule has 1 fully saturated rings. The number of H-pyrrole nitrogens is 1. The molecule has 0 spiro atoms. The minimum absolute atomic E-state index is 0.419. The Morgan fingerprint density at radius 3 is 2.89 bits per heavy atom. The van der Waals surface area contributed by atoms with E-state index in [-0.39, 0.29) is 0 Å². The molecule has 0 amide bonds. The lowest BCUT2D eigenvalue weighted by molar-refractivity contribution is 0.647. The summed E-state index contributed by atoms with van der Waals surface area (Å²) in [5.41, 5.74) is 3.71. The Balaban J connectivity index is 1.48. The Kier molecular flexibility index (Phi) is 7.15. The van der Waals surface area contributed by atoms with Gasteiger partial charge in [0.25, 0.3) is 0 Å². The van der Waals surface area contributed by atoms with Gasteiger partial charge in [-0.05, 0) is 62.9 Å². The van der Waals surface area contributed by atoms with Gasteiger partial charge < -0.3 is 15.5 Å². The van der Waals surface area contributed by atoms with Gasteiger partial charge in [0.2, 0.25) is 0 Å². The average molecular weight is 433 g/mol. The molecule has 1 aromatic carbocycles. The molecule has 2 aromatic rings. The first-order chi connectivity index (χ1) is 13.2. The summed E-state index contributed by atoms with van der Waals surface area (Å²) in [6, 6.07) is 8.96. The Morgan fingerprint density at radius 1 is 1.37 bits per heavy atom. The van der Waals surface area contributed by atoms with Crippen LogP contribution >= 0.6 is 15.9 Å². The molecule has 0 radical (unpaired) electrons. The molecule has 0 aliphatic carbocycles. The number of halogens is 1. The van der Waals surface area contributed by atoms with Gasteiger partial charge in [0.15, 0.2) is 5.96 Å². The highest BCUT2D eigenvalue weighted by Crippen LogP contribution is 2.22. The number of rotatable bonds is 7. The van der Waals surface area contributed by atoms with Crippen molar-refractivity contribution in [3.63, 3.8) is 0 Å². The zero-order chi connectivity index (χ0) is 19.1. The molecule has 1 atom stereocenters. The van der Waals surface area contributed by atoms with Crippen molar-refractivity contribution in [3.05, 3.63) is 46.2 Å². The summed E-state index contributed by atoms with van der Waals surface area (Å²) in [4.78, 5) is 7.18. The van der Waals surface area contributed by atoms with Crippen LogP contribution in [0.2, 0.25) is 0 Å². The summed E-state index contributed by atoms with van der Waals surface area (Å²) >= 11 is 3.50. The van der Waals surface area contributed by atoms with Crippen LogP contribution < -0.4 is 15.5 Å². The predicted molar refractivity (Wildman–Crippen MR) is 116 cm³/mol. The van der Waals surface area contributed by atoms with E-state index in [2.05, 4.69) is 79.8 Å². The molecule has 7 heteroatoms. The number of nitrogens with zero attached hydrogens (tertiary/aromatic N) is 3. The van der Waals surface area contributed by atoms with E-state index in [0.717, 1.165) is 61.6 Å². The molecule has 1 saturated heterocycles. The summed E-state index contributed by atoms with van der Waals surface area (Å²) < 4.78 is 1.12. The number of hydrogen-bond acceptors (Lipinski definition) is 3. The standard InChI is InChI=1S/C20H29BrN6/c1-3-22-20(23-11-4-5-16-13-24-26-15(16)2)25-18-10-12-27(14-18)19-8-6-17(21)7-9-19/h6-9,13,18H,3-5,10-12,14H2,1-2H3,(H,24,26)(H2,22,23,25). The molecule has 3 rings (SSSR count). The first kappa shape index (κ1) is 19.7. The van der Waals surface area contributed by atoms with Crippen molar-refractivity contribution in [2.45, 2.75) is 39.2 Å². The molecule has 1 unspecified atom stereocenters. The maximum absolute atomic E-state index is 4.75. The molecule has 1 aliphatic rings. The van der Waals surface area contributed by atoms with E-state index in [1.165, 1.54) is 11.3 Å². The number of anilines is 1. The maximum Gasteiger partial charge on any atom is 0.191 e. The number of aryl methyl sites for hydroxylation is 2. The van der Waals surface area contributed by atoms with Crippen LogP contribution in [0.1, 0.15) is 31.0 Å². The van der Waals surface area contributed by atoms with E-state index in [1.54, 1.807) is 0 Å². The topological polar surface area (TPSA) is 68.3 Å². The molecule has 1 aromatic heterocycles. The van der Waals surface area contributed by atoms with Gasteiger partial charge in [-0.3, -0.25) is 10.1 Å². The number of aromatic amines is 1. The largest absolute Gasteiger partial charge is 0.369 e. The van der Waals surface area contributed by atoms with Crippen LogP contribution in [0.3, 0.4) is 0 Å². The van der Waals surface area contributed by atoms with Gasteiger partial charge in [0, 0.05) is 48.1 Å². The number of benzene rings is 1. The number of guanidine groups is 1. The lowest BCUT2D eigenvalue weighted by Crippen LogP contribution is -2.44. The fourth-order valence-corrected chi connectivity index (χ4v) is 3.63. The Bertz CT molecular complexity index is 739. The van der Waals surface area contributed by atoms with E-state index in [4.69, 9.17) is 4.99 Å². The van der Waals surface area contributed by atoms with Gasteiger partial charge >= 0.3 is 0 Å². The fourth-order valence-electron chi connectivity index (χ4n) is 3.37. The highest BCUT2D eigenvalue weighted by molar-refractivity contribution is 9.10. The Morgan fingerprint density at radius 2 is 2.19 bits per heavy atom. The molecule has 2 heterocycles. The second-order valence-electron chi connectivity index (χ2n) is 6.94. The highest BCUT2D eigenvalue weighted by atomic mass is 79.9. The molecule has 0 saturated carbocycles. The van der Waals surface area contributed by atoms with Gasteiger partial charge in [0.1, 0.15) is 0 Å². The zero-order valence-corrected chi connectivity index (χ0v) is 17.7. The van der Waals surface area contributed by atoms with Crippen LogP contribution in [-0.2, 0) is 6.42 Å². The average Bonchev–Trinajstić information content (AvgIpc) is 3.29.